The standard InChI is InChI=1S/C19H26N2O6S/c1-3-27-19(23)13-8-10-21(11-9-13)18(22)14-4-7-16(26-2)17(12-14)28(24,25)20-15-5-6-15/h4,7,12-13,15,20H,3,5-6,8-11H2,1-2H3. The summed E-state index contributed by atoms with van der Waals surface area (Å²) in [6.07, 6.45) is 2.70. The highest BCUT2D eigenvalue weighted by Crippen LogP contribution is 2.29. The summed E-state index contributed by atoms with van der Waals surface area (Å²) in [4.78, 5) is 26.3. The Morgan fingerprint density at radius 1 is 1.18 bits per heavy atom. The number of nitrogens with one attached hydrogen (secondary N) is 1. The van der Waals surface area contributed by atoms with Gasteiger partial charge in [-0.25, -0.2) is 13.1 Å². The fourth-order valence-corrected chi connectivity index (χ4v) is 4.76. The van der Waals surface area contributed by atoms with E-state index in [1.807, 2.05) is 0 Å². The molecule has 0 aromatic heterocycles. The van der Waals surface area contributed by atoms with Crippen molar-refractivity contribution in [3.63, 3.8) is 0 Å². The number of benzene rings is 1. The van der Waals surface area contributed by atoms with Crippen molar-refractivity contribution in [1.29, 1.82) is 0 Å². The summed E-state index contributed by atoms with van der Waals surface area (Å²) >= 11 is 0. The highest BCUT2D eigenvalue weighted by Gasteiger charge is 2.32. The van der Waals surface area contributed by atoms with Crippen LogP contribution in [0.1, 0.15) is 43.0 Å². The lowest BCUT2D eigenvalue weighted by Gasteiger charge is -2.31. The number of esters is 1. The van der Waals surface area contributed by atoms with Gasteiger partial charge in [0.1, 0.15) is 10.6 Å². The number of carbonyl (C=O) groups is 2. The van der Waals surface area contributed by atoms with Crippen LogP contribution in [0.3, 0.4) is 0 Å². The zero-order chi connectivity index (χ0) is 20.3. The molecule has 1 heterocycles. The van der Waals surface area contributed by atoms with Crippen LogP contribution in [0.5, 0.6) is 5.75 Å². The zero-order valence-corrected chi connectivity index (χ0v) is 17.0. The van der Waals surface area contributed by atoms with Gasteiger partial charge in [-0.15, -0.1) is 0 Å². The Kier molecular flexibility index (Phi) is 6.24. The Balaban J connectivity index is 1.74. The van der Waals surface area contributed by atoms with Crippen molar-refractivity contribution in [3.05, 3.63) is 23.8 Å². The van der Waals surface area contributed by atoms with E-state index < -0.39 is 10.0 Å². The Morgan fingerprint density at radius 2 is 1.86 bits per heavy atom. The first-order chi connectivity index (χ1) is 13.4. The van der Waals surface area contributed by atoms with E-state index in [4.69, 9.17) is 9.47 Å². The number of rotatable bonds is 7. The van der Waals surface area contributed by atoms with E-state index in [2.05, 4.69) is 4.72 Å². The molecule has 154 valence electrons. The fourth-order valence-electron chi connectivity index (χ4n) is 3.26. The molecule has 1 N–H and O–H groups in total. The lowest BCUT2D eigenvalue weighted by molar-refractivity contribution is -0.149. The Morgan fingerprint density at radius 3 is 2.43 bits per heavy atom. The summed E-state index contributed by atoms with van der Waals surface area (Å²) in [6.45, 7) is 2.97. The van der Waals surface area contributed by atoms with Crippen LogP contribution in [-0.2, 0) is 19.6 Å². The minimum atomic E-state index is -3.76. The van der Waals surface area contributed by atoms with Gasteiger partial charge in [0.2, 0.25) is 10.0 Å². The van der Waals surface area contributed by atoms with Gasteiger partial charge in [-0.3, -0.25) is 9.59 Å². The summed E-state index contributed by atoms with van der Waals surface area (Å²) in [6, 6.07) is 4.38. The summed E-state index contributed by atoms with van der Waals surface area (Å²) in [5.74, 6) is -0.476. The molecule has 1 aliphatic carbocycles. The highest BCUT2D eigenvalue weighted by atomic mass is 32.2. The van der Waals surface area contributed by atoms with E-state index in [1.54, 1.807) is 17.9 Å². The highest BCUT2D eigenvalue weighted by molar-refractivity contribution is 7.89. The monoisotopic (exact) mass is 410 g/mol. The maximum absolute atomic E-state index is 12.9. The van der Waals surface area contributed by atoms with Gasteiger partial charge >= 0.3 is 5.97 Å². The largest absolute Gasteiger partial charge is 0.495 e. The average Bonchev–Trinajstić information content (AvgIpc) is 3.50. The molecule has 0 radical (unpaired) electrons. The van der Waals surface area contributed by atoms with Gasteiger partial charge in [0.05, 0.1) is 19.6 Å². The molecule has 2 fully saturated rings. The molecule has 1 aromatic carbocycles. The molecule has 1 amide bonds. The van der Waals surface area contributed by atoms with Crippen molar-refractivity contribution in [3.8, 4) is 5.75 Å². The molecule has 1 aliphatic heterocycles. The number of piperidine rings is 1. The maximum Gasteiger partial charge on any atom is 0.309 e. The summed E-state index contributed by atoms with van der Waals surface area (Å²) in [5.41, 5.74) is 0.284. The Hall–Kier alpha value is -2.13. The summed E-state index contributed by atoms with van der Waals surface area (Å²) in [5, 5.41) is 0. The third-order valence-corrected chi connectivity index (χ3v) is 6.54. The molecule has 28 heavy (non-hydrogen) atoms. The summed E-state index contributed by atoms with van der Waals surface area (Å²) in [7, 11) is -2.36. The lowest BCUT2D eigenvalue weighted by Crippen LogP contribution is -2.40. The van der Waals surface area contributed by atoms with Crippen LogP contribution in [0.4, 0.5) is 0 Å². The topological polar surface area (TPSA) is 102 Å². The maximum atomic E-state index is 12.9. The minimum absolute atomic E-state index is 0.0332. The smallest absolute Gasteiger partial charge is 0.309 e. The van der Waals surface area contributed by atoms with Crippen molar-refractivity contribution in [2.24, 2.45) is 5.92 Å². The van der Waals surface area contributed by atoms with Crippen molar-refractivity contribution in [2.75, 3.05) is 26.8 Å². The Bertz CT molecular complexity index is 842. The second-order valence-corrected chi connectivity index (χ2v) is 8.76. The first-order valence-electron chi connectivity index (χ1n) is 9.52. The van der Waals surface area contributed by atoms with Crippen LogP contribution in [0.2, 0.25) is 0 Å². The van der Waals surface area contributed by atoms with E-state index >= 15 is 0 Å². The molecular formula is C19H26N2O6S. The van der Waals surface area contributed by atoms with Crippen LogP contribution in [-0.4, -0.2) is 58.0 Å². The number of carbonyl (C=O) groups excluding carboxylic acids is 2. The van der Waals surface area contributed by atoms with Gasteiger partial charge in [0.25, 0.3) is 5.91 Å². The number of methoxy groups -OCH3 is 1. The minimum Gasteiger partial charge on any atom is -0.495 e. The van der Waals surface area contributed by atoms with Gasteiger partial charge in [-0.1, -0.05) is 0 Å². The zero-order valence-electron chi connectivity index (χ0n) is 16.1. The van der Waals surface area contributed by atoms with E-state index in [0.29, 0.717) is 32.5 Å². The molecule has 0 unspecified atom stereocenters. The third-order valence-electron chi connectivity index (χ3n) is 5.00. The molecule has 0 spiro atoms. The first kappa shape index (κ1) is 20.6. The number of likely N-dealkylation sites (tertiary alicyclic amines) is 1. The van der Waals surface area contributed by atoms with E-state index in [0.717, 1.165) is 12.8 Å². The van der Waals surface area contributed by atoms with E-state index in [1.165, 1.54) is 19.2 Å². The van der Waals surface area contributed by atoms with Crippen molar-refractivity contribution < 1.29 is 27.5 Å². The number of nitrogens with zero attached hydrogens (tertiary/aromatic N) is 1. The number of hydrogen-bond donors (Lipinski definition) is 1. The van der Waals surface area contributed by atoms with Crippen LogP contribution < -0.4 is 9.46 Å². The Labute approximate surface area is 165 Å². The SMILES string of the molecule is CCOC(=O)C1CCN(C(=O)c2ccc(OC)c(S(=O)(=O)NC3CC3)c2)CC1. The van der Waals surface area contributed by atoms with Gasteiger partial charge in [-0.05, 0) is 50.8 Å². The summed E-state index contributed by atoms with van der Waals surface area (Å²) < 4.78 is 38.1. The van der Waals surface area contributed by atoms with Crippen LogP contribution in [0.25, 0.3) is 0 Å². The van der Waals surface area contributed by atoms with Gasteiger partial charge in [-0.2, -0.15) is 0 Å². The molecule has 0 bridgehead atoms. The molecule has 1 saturated carbocycles. The van der Waals surface area contributed by atoms with Gasteiger partial charge < -0.3 is 14.4 Å². The molecule has 3 rings (SSSR count). The third kappa shape index (κ3) is 4.64. The first-order valence-corrected chi connectivity index (χ1v) is 11.0. The molecule has 1 saturated heterocycles. The number of sulfonamides is 1. The second-order valence-electron chi connectivity index (χ2n) is 7.08. The molecule has 9 heteroatoms. The van der Waals surface area contributed by atoms with Crippen LogP contribution in [0, 0.1) is 5.92 Å². The predicted octanol–water partition coefficient (Wildman–Crippen LogP) is 1.55. The molecule has 0 atom stereocenters. The molecule has 8 nitrogen and oxygen atoms in total. The normalized spacial score (nSPS) is 18.0. The molecule has 1 aromatic rings. The number of hydrogen-bond acceptors (Lipinski definition) is 6. The number of ether oxygens (including phenoxy) is 2. The fraction of sp³-hybridized carbons (Fsp3) is 0.579. The van der Waals surface area contributed by atoms with Crippen molar-refractivity contribution in [2.45, 2.75) is 43.5 Å². The van der Waals surface area contributed by atoms with Gasteiger partial charge in [0, 0.05) is 24.7 Å². The van der Waals surface area contributed by atoms with Crippen LogP contribution in [0.15, 0.2) is 23.1 Å². The van der Waals surface area contributed by atoms with Crippen LogP contribution >= 0.6 is 0 Å². The van der Waals surface area contributed by atoms with E-state index in [9.17, 15) is 18.0 Å². The van der Waals surface area contributed by atoms with Crippen molar-refractivity contribution >= 4 is 21.9 Å². The average molecular weight is 410 g/mol. The van der Waals surface area contributed by atoms with Gasteiger partial charge in [0.15, 0.2) is 0 Å². The second kappa shape index (κ2) is 8.48. The quantitative estimate of drug-likeness (QED) is 0.685. The van der Waals surface area contributed by atoms with E-state index in [-0.39, 0.29) is 40.0 Å². The predicted molar refractivity (Wildman–Crippen MR) is 102 cm³/mol. The lowest BCUT2D eigenvalue weighted by atomic mass is 9.96. The number of amides is 1. The molecular weight excluding hydrogens is 384 g/mol. The van der Waals surface area contributed by atoms with Crippen molar-refractivity contribution in [1.82, 2.24) is 9.62 Å². The molecule has 2 aliphatic rings.